The average molecular weight is 303 g/mol. The summed E-state index contributed by atoms with van der Waals surface area (Å²) in [4.78, 5) is 6.41. The van der Waals surface area contributed by atoms with Crippen molar-refractivity contribution in [3.05, 3.63) is 0 Å². The SMILES string of the molecule is CN(C)S(=O)(=O)N1CCCCC1CN=C(N)N1CCC1. The molecule has 0 aliphatic carbocycles. The van der Waals surface area contributed by atoms with Gasteiger partial charge < -0.3 is 10.6 Å². The molecule has 2 aliphatic heterocycles. The Morgan fingerprint density at radius 1 is 1.25 bits per heavy atom. The molecular formula is C12H25N5O2S. The van der Waals surface area contributed by atoms with Crippen LogP contribution >= 0.6 is 0 Å². The van der Waals surface area contributed by atoms with Gasteiger partial charge in [-0.3, -0.25) is 4.99 Å². The fraction of sp³-hybridized carbons (Fsp3) is 0.917. The van der Waals surface area contributed by atoms with Crippen LogP contribution < -0.4 is 5.73 Å². The molecule has 2 N–H and O–H groups in total. The Labute approximate surface area is 121 Å². The van der Waals surface area contributed by atoms with E-state index in [0.717, 1.165) is 38.8 Å². The van der Waals surface area contributed by atoms with Crippen molar-refractivity contribution < 1.29 is 8.42 Å². The summed E-state index contributed by atoms with van der Waals surface area (Å²) < 4.78 is 27.5. The van der Waals surface area contributed by atoms with Gasteiger partial charge in [-0.25, -0.2) is 0 Å². The molecule has 1 atom stereocenters. The van der Waals surface area contributed by atoms with Crippen molar-refractivity contribution in [2.24, 2.45) is 10.7 Å². The number of aliphatic imine (C=N–C) groups is 1. The van der Waals surface area contributed by atoms with E-state index in [1.54, 1.807) is 18.4 Å². The van der Waals surface area contributed by atoms with Gasteiger partial charge >= 0.3 is 0 Å². The third kappa shape index (κ3) is 3.24. The predicted molar refractivity (Wildman–Crippen MR) is 79.6 cm³/mol. The molecule has 2 aliphatic rings. The van der Waals surface area contributed by atoms with Crippen molar-refractivity contribution in [2.75, 3.05) is 40.3 Å². The minimum absolute atomic E-state index is 0.0732. The number of guanidine groups is 1. The van der Waals surface area contributed by atoms with Crippen molar-refractivity contribution >= 4 is 16.2 Å². The summed E-state index contributed by atoms with van der Waals surface area (Å²) in [6.07, 6.45) is 3.96. The van der Waals surface area contributed by atoms with Gasteiger partial charge in [-0.2, -0.15) is 17.0 Å². The largest absolute Gasteiger partial charge is 0.370 e. The topological polar surface area (TPSA) is 82.2 Å². The number of piperidine rings is 1. The van der Waals surface area contributed by atoms with Crippen LogP contribution in [0.3, 0.4) is 0 Å². The van der Waals surface area contributed by atoms with Gasteiger partial charge in [0.1, 0.15) is 0 Å². The molecule has 2 heterocycles. The van der Waals surface area contributed by atoms with Crippen LogP contribution in [0.1, 0.15) is 25.7 Å². The summed E-state index contributed by atoms with van der Waals surface area (Å²) in [6.45, 7) is 2.94. The number of hydrogen-bond acceptors (Lipinski definition) is 3. The van der Waals surface area contributed by atoms with Crippen molar-refractivity contribution in [3.63, 3.8) is 0 Å². The molecule has 2 saturated heterocycles. The van der Waals surface area contributed by atoms with Crippen LogP contribution in [0.25, 0.3) is 0 Å². The molecule has 8 heteroatoms. The van der Waals surface area contributed by atoms with Gasteiger partial charge in [-0.05, 0) is 19.3 Å². The van der Waals surface area contributed by atoms with E-state index in [2.05, 4.69) is 4.99 Å². The molecule has 0 amide bonds. The second-order valence-electron chi connectivity index (χ2n) is 5.59. The Morgan fingerprint density at radius 3 is 2.50 bits per heavy atom. The lowest BCUT2D eigenvalue weighted by Crippen LogP contribution is -2.51. The van der Waals surface area contributed by atoms with E-state index in [4.69, 9.17) is 5.73 Å². The molecular weight excluding hydrogens is 278 g/mol. The zero-order valence-electron chi connectivity index (χ0n) is 12.3. The lowest BCUT2D eigenvalue weighted by molar-refractivity contribution is 0.243. The molecule has 0 aromatic heterocycles. The van der Waals surface area contributed by atoms with E-state index in [0.29, 0.717) is 19.0 Å². The van der Waals surface area contributed by atoms with Crippen molar-refractivity contribution in [1.82, 2.24) is 13.5 Å². The Bertz CT molecular complexity index is 458. The molecule has 1 unspecified atom stereocenters. The lowest BCUT2D eigenvalue weighted by Gasteiger charge is -2.36. The molecule has 0 spiro atoms. The first-order valence-corrected chi connectivity index (χ1v) is 8.57. The molecule has 7 nitrogen and oxygen atoms in total. The standard InChI is InChI=1S/C12H25N5O2S/c1-15(2)20(18,19)17-9-4-3-6-11(17)10-14-12(13)16-7-5-8-16/h11H,3-10H2,1-2H3,(H2,13,14). The highest BCUT2D eigenvalue weighted by Crippen LogP contribution is 2.22. The average Bonchev–Trinajstić information content (AvgIpc) is 2.34. The van der Waals surface area contributed by atoms with Crippen LogP contribution in [0, 0.1) is 0 Å². The summed E-state index contributed by atoms with van der Waals surface area (Å²) in [7, 11) is -0.230. The van der Waals surface area contributed by atoms with Crippen LogP contribution in [0.15, 0.2) is 4.99 Å². The normalized spacial score (nSPS) is 25.9. The van der Waals surface area contributed by atoms with Crippen molar-refractivity contribution in [3.8, 4) is 0 Å². The highest BCUT2D eigenvalue weighted by atomic mass is 32.2. The van der Waals surface area contributed by atoms with E-state index in [-0.39, 0.29) is 6.04 Å². The summed E-state index contributed by atoms with van der Waals surface area (Å²) in [5.74, 6) is 0.545. The van der Waals surface area contributed by atoms with Gasteiger partial charge in [0.15, 0.2) is 5.96 Å². The van der Waals surface area contributed by atoms with Gasteiger partial charge in [-0.1, -0.05) is 6.42 Å². The van der Waals surface area contributed by atoms with Crippen molar-refractivity contribution in [1.29, 1.82) is 0 Å². The number of rotatable bonds is 4. The first-order chi connectivity index (χ1) is 9.43. The van der Waals surface area contributed by atoms with Crippen LogP contribution in [-0.4, -0.2) is 74.2 Å². The Kier molecular flexibility index (Phi) is 4.87. The first-order valence-electron chi connectivity index (χ1n) is 7.17. The number of nitrogens with two attached hydrogens (primary N) is 1. The number of hydrogen-bond donors (Lipinski definition) is 1. The van der Waals surface area contributed by atoms with Gasteiger partial charge in [-0.15, -0.1) is 0 Å². The molecule has 20 heavy (non-hydrogen) atoms. The molecule has 2 fully saturated rings. The van der Waals surface area contributed by atoms with E-state index >= 15 is 0 Å². The maximum Gasteiger partial charge on any atom is 0.281 e. The van der Waals surface area contributed by atoms with E-state index in [1.807, 2.05) is 4.90 Å². The fourth-order valence-corrected chi connectivity index (χ4v) is 3.84. The maximum atomic E-state index is 12.3. The fourth-order valence-electron chi connectivity index (χ4n) is 2.51. The maximum absolute atomic E-state index is 12.3. The van der Waals surface area contributed by atoms with Gasteiger partial charge in [0.2, 0.25) is 0 Å². The molecule has 0 aromatic carbocycles. The third-order valence-corrected chi connectivity index (χ3v) is 5.97. The minimum Gasteiger partial charge on any atom is -0.370 e. The Morgan fingerprint density at radius 2 is 1.95 bits per heavy atom. The highest BCUT2D eigenvalue weighted by Gasteiger charge is 2.33. The first kappa shape index (κ1) is 15.5. The summed E-state index contributed by atoms with van der Waals surface area (Å²) in [5, 5.41) is 0. The Balaban J connectivity index is 2.03. The second-order valence-corrected chi connectivity index (χ2v) is 7.68. The lowest BCUT2D eigenvalue weighted by atomic mass is 10.1. The molecule has 116 valence electrons. The molecule has 2 rings (SSSR count). The molecule has 0 aromatic rings. The van der Waals surface area contributed by atoms with Gasteiger partial charge in [0.05, 0.1) is 6.54 Å². The summed E-state index contributed by atoms with van der Waals surface area (Å²) in [6, 6.07) is -0.0732. The van der Waals surface area contributed by atoms with E-state index in [1.165, 1.54) is 4.31 Å². The zero-order chi connectivity index (χ0) is 14.8. The molecule has 0 radical (unpaired) electrons. The van der Waals surface area contributed by atoms with Crippen LogP contribution in [0.5, 0.6) is 0 Å². The number of nitrogens with zero attached hydrogens (tertiary/aromatic N) is 4. The molecule has 0 bridgehead atoms. The van der Waals surface area contributed by atoms with Crippen molar-refractivity contribution in [2.45, 2.75) is 31.7 Å². The van der Waals surface area contributed by atoms with Gasteiger partial charge in [0, 0.05) is 39.8 Å². The van der Waals surface area contributed by atoms with Crippen LogP contribution in [0.4, 0.5) is 0 Å². The summed E-state index contributed by atoms with van der Waals surface area (Å²) >= 11 is 0. The third-order valence-electron chi connectivity index (χ3n) is 3.98. The van der Waals surface area contributed by atoms with E-state index in [9.17, 15) is 8.42 Å². The quantitative estimate of drug-likeness (QED) is 0.569. The highest BCUT2D eigenvalue weighted by molar-refractivity contribution is 7.86. The second kappa shape index (κ2) is 6.28. The van der Waals surface area contributed by atoms with Crippen LogP contribution in [-0.2, 0) is 10.2 Å². The minimum atomic E-state index is -3.37. The summed E-state index contributed by atoms with van der Waals surface area (Å²) in [5.41, 5.74) is 5.91. The Hall–Kier alpha value is -0.860. The predicted octanol–water partition coefficient (Wildman–Crippen LogP) is -0.332. The molecule has 0 saturated carbocycles. The van der Waals surface area contributed by atoms with E-state index < -0.39 is 10.2 Å². The zero-order valence-corrected chi connectivity index (χ0v) is 13.1. The smallest absolute Gasteiger partial charge is 0.281 e. The van der Waals surface area contributed by atoms with Gasteiger partial charge in [0.25, 0.3) is 10.2 Å². The monoisotopic (exact) mass is 303 g/mol. The van der Waals surface area contributed by atoms with Crippen LogP contribution in [0.2, 0.25) is 0 Å². The number of likely N-dealkylation sites (tertiary alicyclic amines) is 1.